The molecule has 0 saturated heterocycles. The van der Waals surface area contributed by atoms with Gasteiger partial charge in [0.2, 0.25) is 0 Å². The highest BCUT2D eigenvalue weighted by atomic mass is 19.3. The molecule has 98 valence electrons. The minimum Gasteiger partial charge on any atom is -0.468 e. The molecule has 0 saturated carbocycles. The second kappa shape index (κ2) is 6.86. The summed E-state index contributed by atoms with van der Waals surface area (Å²) in [7, 11) is 1.28. The van der Waals surface area contributed by atoms with Crippen LogP contribution in [0, 0.1) is 0 Å². The Morgan fingerprint density at radius 3 is 2.39 bits per heavy atom. The fourth-order valence-electron chi connectivity index (χ4n) is 1.49. The summed E-state index contributed by atoms with van der Waals surface area (Å²) in [6, 6.07) is 4.88. The molecule has 18 heavy (non-hydrogen) atoms. The Morgan fingerprint density at radius 1 is 1.39 bits per heavy atom. The van der Waals surface area contributed by atoms with Crippen molar-refractivity contribution in [2.45, 2.75) is 12.5 Å². The lowest BCUT2D eigenvalue weighted by Crippen LogP contribution is -2.29. The smallest absolute Gasteiger partial charge is 0.327 e. The second-order valence-electron chi connectivity index (χ2n) is 3.62. The van der Waals surface area contributed by atoms with Crippen LogP contribution >= 0.6 is 0 Å². The van der Waals surface area contributed by atoms with Crippen LogP contribution in [0.1, 0.15) is 23.6 Å². The van der Waals surface area contributed by atoms with Gasteiger partial charge in [-0.1, -0.05) is 30.3 Å². The van der Waals surface area contributed by atoms with Gasteiger partial charge in [-0.2, -0.15) is 0 Å². The van der Waals surface area contributed by atoms with E-state index in [0.29, 0.717) is 12.1 Å². The van der Waals surface area contributed by atoms with Crippen LogP contribution in [0.15, 0.2) is 36.9 Å². The minimum atomic E-state index is -2.52. The topological polar surface area (TPSA) is 38.3 Å². The molecule has 0 bridgehead atoms. The van der Waals surface area contributed by atoms with E-state index < -0.39 is 18.4 Å². The first-order valence-corrected chi connectivity index (χ1v) is 5.40. The summed E-state index contributed by atoms with van der Waals surface area (Å²) in [5, 5.41) is 2.90. The van der Waals surface area contributed by atoms with Crippen molar-refractivity contribution >= 4 is 5.97 Å². The second-order valence-corrected chi connectivity index (χ2v) is 3.62. The standard InChI is InChI=1S/C13H15F2NO2/c1-3-8-16-11(13(17)18-2)9-4-6-10(7-5-9)12(14)15/h3-7,11-12,16H,1,8H2,2H3. The monoisotopic (exact) mass is 255 g/mol. The average Bonchev–Trinajstić information content (AvgIpc) is 2.39. The van der Waals surface area contributed by atoms with Gasteiger partial charge in [0.1, 0.15) is 6.04 Å². The Morgan fingerprint density at radius 2 is 1.94 bits per heavy atom. The molecule has 1 atom stereocenters. The van der Waals surface area contributed by atoms with Gasteiger partial charge in [-0.15, -0.1) is 6.58 Å². The summed E-state index contributed by atoms with van der Waals surface area (Å²) in [6.45, 7) is 3.95. The Labute approximate surface area is 104 Å². The molecule has 1 N–H and O–H groups in total. The molecule has 3 nitrogen and oxygen atoms in total. The lowest BCUT2D eigenvalue weighted by Gasteiger charge is -2.16. The molecule has 0 amide bonds. The highest BCUT2D eigenvalue weighted by Crippen LogP contribution is 2.21. The van der Waals surface area contributed by atoms with Crippen LogP contribution in [0.3, 0.4) is 0 Å². The van der Waals surface area contributed by atoms with Crippen molar-refractivity contribution < 1.29 is 18.3 Å². The summed E-state index contributed by atoms with van der Waals surface area (Å²) in [6.07, 6.45) is -0.916. The third-order valence-corrected chi connectivity index (χ3v) is 2.42. The zero-order valence-corrected chi connectivity index (χ0v) is 10.0. The molecule has 0 aliphatic heterocycles. The van der Waals surface area contributed by atoms with E-state index in [-0.39, 0.29) is 5.56 Å². The third-order valence-electron chi connectivity index (χ3n) is 2.42. The number of alkyl halides is 2. The molecule has 0 aliphatic rings. The normalized spacial score (nSPS) is 12.2. The number of esters is 1. The summed E-state index contributed by atoms with van der Waals surface area (Å²) in [5.41, 5.74) is 0.499. The van der Waals surface area contributed by atoms with E-state index in [4.69, 9.17) is 0 Å². The van der Waals surface area contributed by atoms with E-state index in [2.05, 4.69) is 16.6 Å². The Kier molecular flexibility index (Phi) is 5.45. The highest BCUT2D eigenvalue weighted by molar-refractivity contribution is 5.77. The zero-order chi connectivity index (χ0) is 13.5. The number of hydrogen-bond acceptors (Lipinski definition) is 3. The lowest BCUT2D eigenvalue weighted by atomic mass is 10.0. The van der Waals surface area contributed by atoms with Crippen LogP contribution in [0.5, 0.6) is 0 Å². The van der Waals surface area contributed by atoms with Crippen molar-refractivity contribution in [1.82, 2.24) is 5.32 Å². The molecule has 0 aromatic heterocycles. The SMILES string of the molecule is C=CCNC(C(=O)OC)c1ccc(C(F)F)cc1. The van der Waals surface area contributed by atoms with Crippen molar-refractivity contribution in [2.75, 3.05) is 13.7 Å². The average molecular weight is 255 g/mol. The first-order chi connectivity index (χ1) is 8.60. The fourth-order valence-corrected chi connectivity index (χ4v) is 1.49. The van der Waals surface area contributed by atoms with Gasteiger partial charge >= 0.3 is 5.97 Å². The molecule has 0 fully saturated rings. The van der Waals surface area contributed by atoms with Gasteiger partial charge < -0.3 is 4.74 Å². The van der Waals surface area contributed by atoms with Crippen molar-refractivity contribution in [3.05, 3.63) is 48.0 Å². The number of rotatable bonds is 6. The molecule has 1 aromatic carbocycles. The van der Waals surface area contributed by atoms with Gasteiger partial charge in [-0.3, -0.25) is 5.32 Å². The van der Waals surface area contributed by atoms with Crippen molar-refractivity contribution in [1.29, 1.82) is 0 Å². The van der Waals surface area contributed by atoms with Crippen molar-refractivity contribution in [3.63, 3.8) is 0 Å². The van der Waals surface area contributed by atoms with Gasteiger partial charge in [0, 0.05) is 12.1 Å². The highest BCUT2D eigenvalue weighted by Gasteiger charge is 2.20. The van der Waals surface area contributed by atoms with E-state index in [1.165, 1.54) is 31.4 Å². The number of carbonyl (C=O) groups is 1. The van der Waals surface area contributed by atoms with Crippen LogP contribution in [-0.2, 0) is 9.53 Å². The number of hydrogen-bond donors (Lipinski definition) is 1. The molecule has 5 heteroatoms. The number of benzene rings is 1. The molecular formula is C13H15F2NO2. The molecule has 1 rings (SSSR count). The molecule has 0 heterocycles. The van der Waals surface area contributed by atoms with Gasteiger partial charge in [-0.25, -0.2) is 13.6 Å². The number of methoxy groups -OCH3 is 1. The molecular weight excluding hydrogens is 240 g/mol. The number of ether oxygens (including phenoxy) is 1. The van der Waals surface area contributed by atoms with Gasteiger partial charge in [0.15, 0.2) is 0 Å². The minimum absolute atomic E-state index is 0.0777. The maximum Gasteiger partial charge on any atom is 0.327 e. The lowest BCUT2D eigenvalue weighted by molar-refractivity contribution is -0.143. The number of carbonyl (C=O) groups excluding carboxylic acids is 1. The van der Waals surface area contributed by atoms with Crippen molar-refractivity contribution in [2.24, 2.45) is 0 Å². The molecule has 0 spiro atoms. The molecule has 1 unspecified atom stereocenters. The van der Waals surface area contributed by atoms with Crippen LogP contribution in [0.2, 0.25) is 0 Å². The maximum atomic E-state index is 12.4. The largest absolute Gasteiger partial charge is 0.468 e. The third kappa shape index (κ3) is 3.63. The maximum absolute atomic E-state index is 12.4. The quantitative estimate of drug-likeness (QED) is 0.627. The Bertz CT molecular complexity index is 404. The van der Waals surface area contributed by atoms with E-state index in [0.717, 1.165) is 0 Å². The van der Waals surface area contributed by atoms with Gasteiger partial charge in [-0.05, 0) is 5.56 Å². The van der Waals surface area contributed by atoms with Crippen LogP contribution < -0.4 is 5.32 Å². The predicted molar refractivity (Wildman–Crippen MR) is 64.4 cm³/mol. The first kappa shape index (κ1) is 14.3. The van der Waals surface area contributed by atoms with Crippen LogP contribution in [0.4, 0.5) is 8.78 Å². The predicted octanol–water partition coefficient (Wildman–Crippen LogP) is 2.61. The Hall–Kier alpha value is -1.75. The molecule has 1 aromatic rings. The van der Waals surface area contributed by atoms with Gasteiger partial charge in [0.05, 0.1) is 7.11 Å². The molecule has 0 radical (unpaired) electrons. The molecule has 0 aliphatic carbocycles. The first-order valence-electron chi connectivity index (χ1n) is 5.40. The fraction of sp³-hybridized carbons (Fsp3) is 0.308. The van der Waals surface area contributed by atoms with Gasteiger partial charge in [0.25, 0.3) is 6.43 Å². The van der Waals surface area contributed by atoms with E-state index >= 15 is 0 Å². The number of halogens is 2. The van der Waals surface area contributed by atoms with Crippen LogP contribution in [-0.4, -0.2) is 19.6 Å². The summed E-state index contributed by atoms with van der Waals surface area (Å²) >= 11 is 0. The zero-order valence-electron chi connectivity index (χ0n) is 10.0. The van der Waals surface area contributed by atoms with Crippen LogP contribution in [0.25, 0.3) is 0 Å². The summed E-state index contributed by atoms with van der Waals surface area (Å²) in [4.78, 5) is 11.6. The van der Waals surface area contributed by atoms with E-state index in [1.54, 1.807) is 6.08 Å². The summed E-state index contributed by atoms with van der Waals surface area (Å²) in [5.74, 6) is -0.471. The van der Waals surface area contributed by atoms with E-state index in [1.807, 2.05) is 0 Å². The Balaban J connectivity index is 2.90. The number of nitrogens with one attached hydrogen (secondary N) is 1. The van der Waals surface area contributed by atoms with E-state index in [9.17, 15) is 13.6 Å². The summed E-state index contributed by atoms with van der Waals surface area (Å²) < 4.78 is 29.5. The van der Waals surface area contributed by atoms with Crippen molar-refractivity contribution in [3.8, 4) is 0 Å².